The molecule has 4 rings (SSSR count). The summed E-state index contributed by atoms with van der Waals surface area (Å²) in [5.41, 5.74) is 2.47. The number of fused-ring (bicyclic) bond motifs is 1. The quantitative estimate of drug-likeness (QED) is 0.740. The Bertz CT molecular complexity index is 845. The van der Waals surface area contributed by atoms with E-state index in [1.807, 2.05) is 23.1 Å². The van der Waals surface area contributed by atoms with E-state index in [9.17, 15) is 4.79 Å². The molecule has 1 aliphatic heterocycles. The van der Waals surface area contributed by atoms with Gasteiger partial charge in [0.1, 0.15) is 5.76 Å². The van der Waals surface area contributed by atoms with Crippen LogP contribution in [-0.4, -0.2) is 46.9 Å². The molecule has 5 nitrogen and oxygen atoms in total. The largest absolute Gasteiger partial charge is 0.468 e. The van der Waals surface area contributed by atoms with Crippen LogP contribution in [0.5, 0.6) is 0 Å². The highest BCUT2D eigenvalue weighted by atomic mass is 16.3. The summed E-state index contributed by atoms with van der Waals surface area (Å²) < 4.78 is 5.40. The number of furan rings is 1. The molecule has 1 fully saturated rings. The summed E-state index contributed by atoms with van der Waals surface area (Å²) >= 11 is 0. The Morgan fingerprint density at radius 2 is 1.92 bits per heavy atom. The Morgan fingerprint density at radius 3 is 2.73 bits per heavy atom. The van der Waals surface area contributed by atoms with E-state index in [1.54, 1.807) is 6.26 Å². The lowest BCUT2D eigenvalue weighted by molar-refractivity contribution is -0.133. The maximum absolute atomic E-state index is 12.5. The first-order chi connectivity index (χ1) is 12.8. The number of aromatic amines is 1. The van der Waals surface area contributed by atoms with Crippen LogP contribution in [0.15, 0.2) is 53.3 Å². The van der Waals surface area contributed by atoms with Crippen LogP contribution in [0.3, 0.4) is 0 Å². The molecule has 0 aliphatic carbocycles. The molecule has 0 radical (unpaired) electrons. The minimum atomic E-state index is 0.280. The summed E-state index contributed by atoms with van der Waals surface area (Å²) in [6.07, 6.45) is 6.24. The van der Waals surface area contributed by atoms with Crippen LogP contribution in [0.2, 0.25) is 0 Å². The monoisotopic (exact) mass is 351 g/mol. The van der Waals surface area contributed by atoms with Gasteiger partial charge in [-0.25, -0.2) is 0 Å². The van der Waals surface area contributed by atoms with E-state index >= 15 is 0 Å². The zero-order chi connectivity index (χ0) is 17.8. The van der Waals surface area contributed by atoms with Gasteiger partial charge < -0.3 is 14.3 Å². The van der Waals surface area contributed by atoms with Crippen LogP contribution < -0.4 is 0 Å². The summed E-state index contributed by atoms with van der Waals surface area (Å²) in [4.78, 5) is 20.1. The molecular formula is C21H25N3O2. The van der Waals surface area contributed by atoms with Crippen molar-refractivity contribution in [2.24, 2.45) is 0 Å². The summed E-state index contributed by atoms with van der Waals surface area (Å²) in [5, 5.41) is 1.27. The number of rotatable bonds is 6. The van der Waals surface area contributed by atoms with Crippen LogP contribution in [0.1, 0.15) is 24.2 Å². The van der Waals surface area contributed by atoms with Gasteiger partial charge >= 0.3 is 0 Å². The highest BCUT2D eigenvalue weighted by Crippen LogP contribution is 2.20. The van der Waals surface area contributed by atoms with Gasteiger partial charge in [0.2, 0.25) is 5.91 Å². The third-order valence-electron chi connectivity index (χ3n) is 5.20. The lowest BCUT2D eigenvalue weighted by Crippen LogP contribution is -2.48. The first-order valence-electron chi connectivity index (χ1n) is 9.37. The van der Waals surface area contributed by atoms with Gasteiger partial charge in [0.15, 0.2) is 0 Å². The van der Waals surface area contributed by atoms with Gasteiger partial charge in [-0.15, -0.1) is 0 Å². The predicted molar refractivity (Wildman–Crippen MR) is 102 cm³/mol. The van der Waals surface area contributed by atoms with Gasteiger partial charge in [-0.05, 0) is 36.6 Å². The Morgan fingerprint density at radius 1 is 1.08 bits per heavy atom. The SMILES string of the molecule is O=C(CCCc1c[nH]c2ccccc12)N1CCN(Cc2ccco2)CC1. The number of aryl methyl sites for hydroxylation is 1. The molecule has 136 valence electrons. The number of H-pyrrole nitrogens is 1. The number of carbonyl (C=O) groups is 1. The molecule has 1 N–H and O–H groups in total. The molecule has 0 unspecified atom stereocenters. The Balaban J connectivity index is 1.22. The van der Waals surface area contributed by atoms with E-state index in [0.29, 0.717) is 6.42 Å². The number of benzene rings is 1. The second-order valence-corrected chi connectivity index (χ2v) is 6.95. The lowest BCUT2D eigenvalue weighted by atomic mass is 10.1. The van der Waals surface area contributed by atoms with Crippen molar-refractivity contribution in [1.29, 1.82) is 0 Å². The standard InChI is InChI=1S/C21H25N3O2/c25-21(9-3-5-17-15-22-20-8-2-1-7-19(17)20)24-12-10-23(11-13-24)16-18-6-4-14-26-18/h1-2,4,6-8,14-15,22H,3,5,9-13,16H2. The average molecular weight is 351 g/mol. The van der Waals surface area contributed by atoms with Gasteiger partial charge in [-0.2, -0.15) is 0 Å². The van der Waals surface area contributed by atoms with Crippen molar-refractivity contribution in [1.82, 2.24) is 14.8 Å². The highest BCUT2D eigenvalue weighted by molar-refractivity contribution is 5.83. The predicted octanol–water partition coefficient (Wildman–Crippen LogP) is 3.43. The van der Waals surface area contributed by atoms with E-state index in [4.69, 9.17) is 4.42 Å². The number of nitrogens with zero attached hydrogens (tertiary/aromatic N) is 2. The van der Waals surface area contributed by atoms with Crippen molar-refractivity contribution < 1.29 is 9.21 Å². The van der Waals surface area contributed by atoms with E-state index in [1.165, 1.54) is 16.5 Å². The van der Waals surface area contributed by atoms with Crippen molar-refractivity contribution in [2.45, 2.75) is 25.8 Å². The summed E-state index contributed by atoms with van der Waals surface area (Å²) in [6.45, 7) is 4.28. The molecule has 1 aliphatic rings. The minimum Gasteiger partial charge on any atom is -0.468 e. The molecule has 3 heterocycles. The number of carbonyl (C=O) groups excluding carboxylic acids is 1. The zero-order valence-electron chi connectivity index (χ0n) is 15.0. The number of para-hydroxylation sites is 1. The molecule has 5 heteroatoms. The number of hydrogen-bond acceptors (Lipinski definition) is 3. The number of nitrogens with one attached hydrogen (secondary N) is 1. The van der Waals surface area contributed by atoms with Gasteiger partial charge in [-0.1, -0.05) is 18.2 Å². The van der Waals surface area contributed by atoms with Gasteiger partial charge in [0.05, 0.1) is 12.8 Å². The van der Waals surface area contributed by atoms with Gasteiger partial charge in [-0.3, -0.25) is 9.69 Å². The second kappa shape index (κ2) is 7.79. The van der Waals surface area contributed by atoms with Crippen molar-refractivity contribution in [3.63, 3.8) is 0 Å². The molecule has 2 aromatic heterocycles. The third-order valence-corrected chi connectivity index (χ3v) is 5.20. The average Bonchev–Trinajstić information content (AvgIpc) is 3.32. The minimum absolute atomic E-state index is 0.280. The van der Waals surface area contributed by atoms with E-state index in [-0.39, 0.29) is 5.91 Å². The maximum Gasteiger partial charge on any atom is 0.222 e. The molecule has 0 atom stereocenters. The highest BCUT2D eigenvalue weighted by Gasteiger charge is 2.21. The smallest absolute Gasteiger partial charge is 0.222 e. The number of amides is 1. The Labute approximate surface area is 153 Å². The topological polar surface area (TPSA) is 52.5 Å². The van der Waals surface area contributed by atoms with Crippen molar-refractivity contribution in [3.8, 4) is 0 Å². The maximum atomic E-state index is 12.5. The Kier molecular flexibility index (Phi) is 5.07. The van der Waals surface area contributed by atoms with Crippen LogP contribution in [0, 0.1) is 0 Å². The zero-order valence-corrected chi connectivity index (χ0v) is 15.0. The molecule has 0 spiro atoms. The molecular weight excluding hydrogens is 326 g/mol. The number of aromatic nitrogens is 1. The van der Waals surface area contributed by atoms with Crippen LogP contribution in [0.4, 0.5) is 0 Å². The molecule has 1 aromatic carbocycles. The second-order valence-electron chi connectivity index (χ2n) is 6.95. The molecule has 0 saturated carbocycles. The summed E-state index contributed by atoms with van der Waals surface area (Å²) in [7, 11) is 0. The number of piperazine rings is 1. The van der Waals surface area contributed by atoms with E-state index in [2.05, 4.69) is 34.3 Å². The normalized spacial score (nSPS) is 15.6. The first kappa shape index (κ1) is 16.9. The molecule has 1 saturated heterocycles. The lowest BCUT2D eigenvalue weighted by Gasteiger charge is -2.34. The fourth-order valence-electron chi connectivity index (χ4n) is 3.70. The molecule has 0 bridgehead atoms. The fraction of sp³-hybridized carbons (Fsp3) is 0.381. The van der Waals surface area contributed by atoms with Crippen LogP contribution in [0.25, 0.3) is 10.9 Å². The summed E-state index contributed by atoms with van der Waals surface area (Å²) in [6, 6.07) is 12.3. The van der Waals surface area contributed by atoms with E-state index < -0.39 is 0 Å². The van der Waals surface area contributed by atoms with Crippen molar-refractivity contribution in [3.05, 3.63) is 60.2 Å². The van der Waals surface area contributed by atoms with Crippen molar-refractivity contribution >= 4 is 16.8 Å². The fourth-order valence-corrected chi connectivity index (χ4v) is 3.70. The van der Waals surface area contributed by atoms with Crippen molar-refractivity contribution in [2.75, 3.05) is 26.2 Å². The number of hydrogen-bond donors (Lipinski definition) is 1. The first-order valence-corrected chi connectivity index (χ1v) is 9.37. The van der Waals surface area contributed by atoms with E-state index in [0.717, 1.165) is 51.3 Å². The Hall–Kier alpha value is -2.53. The van der Waals surface area contributed by atoms with Gasteiger partial charge in [0, 0.05) is 49.7 Å². The summed E-state index contributed by atoms with van der Waals surface area (Å²) in [5.74, 6) is 1.27. The van der Waals surface area contributed by atoms with Gasteiger partial charge in [0.25, 0.3) is 0 Å². The molecule has 3 aromatic rings. The van der Waals surface area contributed by atoms with Crippen LogP contribution in [-0.2, 0) is 17.8 Å². The molecule has 1 amide bonds. The molecule has 26 heavy (non-hydrogen) atoms. The third kappa shape index (κ3) is 3.83. The van der Waals surface area contributed by atoms with Crippen LogP contribution >= 0.6 is 0 Å².